The normalized spacial score (nSPS) is 16.4. The summed E-state index contributed by atoms with van der Waals surface area (Å²) < 4.78 is 5.57. The molecule has 1 aliphatic rings. The smallest absolute Gasteiger partial charge is 0.335 e. The summed E-state index contributed by atoms with van der Waals surface area (Å²) in [6, 6.07) is 6.61. The Morgan fingerprint density at radius 2 is 2.25 bits per heavy atom. The number of carbonyl (C=O) groups is 1. The molecule has 0 spiro atoms. The molecule has 4 nitrogen and oxygen atoms in total. The van der Waals surface area contributed by atoms with E-state index in [1.807, 2.05) is 0 Å². The number of hydrogen-bond acceptors (Lipinski definition) is 3. The van der Waals surface area contributed by atoms with Gasteiger partial charge >= 0.3 is 5.97 Å². The second-order valence-electron chi connectivity index (χ2n) is 5.57. The van der Waals surface area contributed by atoms with Crippen LogP contribution in [0.25, 0.3) is 0 Å². The first-order valence-corrected chi connectivity index (χ1v) is 7.32. The first-order valence-electron chi connectivity index (χ1n) is 7.32. The van der Waals surface area contributed by atoms with Crippen LogP contribution < -0.4 is 10.1 Å². The number of rotatable bonds is 8. The zero-order valence-corrected chi connectivity index (χ0v) is 12.0. The molecule has 0 saturated heterocycles. The first-order chi connectivity index (χ1) is 9.65. The largest absolute Gasteiger partial charge is 0.492 e. The Labute approximate surface area is 120 Å². The Hall–Kier alpha value is -1.55. The van der Waals surface area contributed by atoms with E-state index in [-0.39, 0.29) is 5.56 Å². The lowest BCUT2D eigenvalue weighted by Crippen LogP contribution is -2.40. The van der Waals surface area contributed by atoms with Crippen LogP contribution in [-0.4, -0.2) is 30.8 Å². The third-order valence-corrected chi connectivity index (χ3v) is 4.29. The number of carboxylic acid groups (broad SMARTS) is 1. The molecule has 4 heteroatoms. The predicted molar refractivity (Wildman–Crippen MR) is 78.3 cm³/mol. The van der Waals surface area contributed by atoms with Crippen molar-refractivity contribution in [3.8, 4) is 5.75 Å². The standard InChI is InChI=1S/C16H23NO3/c1-2-16(7-4-8-16)12-17-9-10-20-14-6-3-5-13(11-14)15(18)19/h3,5-6,11,17H,2,4,7-10,12H2,1H3,(H,18,19). The molecular weight excluding hydrogens is 254 g/mol. The van der Waals surface area contributed by atoms with Gasteiger partial charge in [-0.2, -0.15) is 0 Å². The Morgan fingerprint density at radius 1 is 1.45 bits per heavy atom. The summed E-state index contributed by atoms with van der Waals surface area (Å²) in [5.74, 6) is -0.316. The lowest BCUT2D eigenvalue weighted by atomic mass is 9.67. The highest BCUT2D eigenvalue weighted by molar-refractivity contribution is 5.87. The SMILES string of the molecule is CCC1(CNCCOc2cccc(C(=O)O)c2)CCC1. The zero-order valence-electron chi connectivity index (χ0n) is 12.0. The molecular formula is C16H23NO3. The van der Waals surface area contributed by atoms with Crippen molar-refractivity contribution in [2.75, 3.05) is 19.7 Å². The quantitative estimate of drug-likeness (QED) is 0.717. The van der Waals surface area contributed by atoms with Crippen molar-refractivity contribution in [2.45, 2.75) is 32.6 Å². The third kappa shape index (κ3) is 3.73. The number of carboxylic acids is 1. The zero-order chi connectivity index (χ0) is 14.4. The van der Waals surface area contributed by atoms with E-state index in [9.17, 15) is 4.79 Å². The number of aromatic carboxylic acids is 1. The van der Waals surface area contributed by atoms with Crippen LogP contribution in [0.5, 0.6) is 5.75 Å². The maximum Gasteiger partial charge on any atom is 0.335 e. The molecule has 2 N–H and O–H groups in total. The van der Waals surface area contributed by atoms with Crippen molar-refractivity contribution in [3.05, 3.63) is 29.8 Å². The van der Waals surface area contributed by atoms with Gasteiger partial charge in [0.1, 0.15) is 12.4 Å². The van der Waals surface area contributed by atoms with Crippen LogP contribution in [0.2, 0.25) is 0 Å². The Bertz CT molecular complexity index is 449. The molecule has 0 bridgehead atoms. The van der Waals surface area contributed by atoms with Gasteiger partial charge in [0, 0.05) is 13.1 Å². The topological polar surface area (TPSA) is 58.6 Å². The minimum absolute atomic E-state index is 0.259. The van der Waals surface area contributed by atoms with Gasteiger partial charge in [0.05, 0.1) is 5.56 Å². The molecule has 110 valence electrons. The average Bonchev–Trinajstić information content (AvgIpc) is 2.41. The molecule has 1 saturated carbocycles. The molecule has 0 unspecified atom stereocenters. The fourth-order valence-corrected chi connectivity index (χ4v) is 2.65. The molecule has 0 radical (unpaired) electrons. The second-order valence-corrected chi connectivity index (χ2v) is 5.57. The monoisotopic (exact) mass is 277 g/mol. The van der Waals surface area contributed by atoms with Gasteiger partial charge in [-0.1, -0.05) is 19.4 Å². The molecule has 0 amide bonds. The minimum atomic E-state index is -0.927. The minimum Gasteiger partial charge on any atom is -0.492 e. The highest BCUT2D eigenvalue weighted by atomic mass is 16.5. The van der Waals surface area contributed by atoms with Gasteiger partial charge in [-0.05, 0) is 42.9 Å². The summed E-state index contributed by atoms with van der Waals surface area (Å²) in [6.07, 6.45) is 5.26. The highest BCUT2D eigenvalue weighted by Crippen LogP contribution is 2.42. The van der Waals surface area contributed by atoms with Crippen LogP contribution in [0.3, 0.4) is 0 Å². The Morgan fingerprint density at radius 3 is 2.85 bits per heavy atom. The maximum atomic E-state index is 10.8. The van der Waals surface area contributed by atoms with Crippen LogP contribution >= 0.6 is 0 Å². The van der Waals surface area contributed by atoms with Crippen LogP contribution in [0.4, 0.5) is 0 Å². The van der Waals surface area contributed by atoms with E-state index in [1.165, 1.54) is 25.7 Å². The molecule has 1 aromatic rings. The van der Waals surface area contributed by atoms with Gasteiger partial charge in [-0.3, -0.25) is 0 Å². The predicted octanol–water partition coefficient (Wildman–Crippen LogP) is 2.93. The Kier molecular flexibility index (Phi) is 5.01. The molecule has 20 heavy (non-hydrogen) atoms. The van der Waals surface area contributed by atoms with Crippen LogP contribution in [0, 0.1) is 5.41 Å². The van der Waals surface area contributed by atoms with Crippen LogP contribution in [0.15, 0.2) is 24.3 Å². The lowest BCUT2D eigenvalue weighted by Gasteiger charge is -2.41. The summed E-state index contributed by atoms with van der Waals surface area (Å²) in [5.41, 5.74) is 0.776. The number of benzene rings is 1. The molecule has 1 fully saturated rings. The molecule has 0 atom stereocenters. The summed E-state index contributed by atoms with van der Waals surface area (Å²) in [6.45, 7) is 4.67. The highest BCUT2D eigenvalue weighted by Gasteiger charge is 2.34. The fourth-order valence-electron chi connectivity index (χ4n) is 2.65. The van der Waals surface area contributed by atoms with Gasteiger partial charge in [-0.25, -0.2) is 4.79 Å². The molecule has 1 aliphatic carbocycles. The summed E-state index contributed by atoms with van der Waals surface area (Å²) in [5, 5.41) is 12.3. The van der Waals surface area contributed by atoms with Gasteiger partial charge in [-0.15, -0.1) is 0 Å². The van der Waals surface area contributed by atoms with Gasteiger partial charge in [0.25, 0.3) is 0 Å². The summed E-state index contributed by atoms with van der Waals surface area (Å²) >= 11 is 0. The average molecular weight is 277 g/mol. The molecule has 0 aliphatic heterocycles. The van der Waals surface area contributed by atoms with E-state index < -0.39 is 5.97 Å². The van der Waals surface area contributed by atoms with E-state index in [2.05, 4.69) is 12.2 Å². The third-order valence-electron chi connectivity index (χ3n) is 4.29. The molecule has 1 aromatic carbocycles. The Balaban J connectivity index is 1.68. The van der Waals surface area contributed by atoms with Crippen LogP contribution in [0.1, 0.15) is 43.0 Å². The lowest BCUT2D eigenvalue weighted by molar-refractivity contribution is 0.0696. The van der Waals surface area contributed by atoms with Crippen molar-refractivity contribution in [2.24, 2.45) is 5.41 Å². The van der Waals surface area contributed by atoms with Crippen molar-refractivity contribution in [3.63, 3.8) is 0 Å². The fraction of sp³-hybridized carbons (Fsp3) is 0.562. The first kappa shape index (κ1) is 14.9. The molecule has 2 rings (SSSR count). The van der Waals surface area contributed by atoms with Crippen LogP contribution in [-0.2, 0) is 0 Å². The number of ether oxygens (including phenoxy) is 1. The van der Waals surface area contributed by atoms with Crippen molar-refractivity contribution in [1.82, 2.24) is 5.32 Å². The second kappa shape index (κ2) is 6.75. The summed E-state index contributed by atoms with van der Waals surface area (Å²) in [7, 11) is 0. The van der Waals surface area contributed by atoms with E-state index in [0.717, 1.165) is 13.1 Å². The number of nitrogens with one attached hydrogen (secondary N) is 1. The van der Waals surface area contributed by atoms with Crippen molar-refractivity contribution < 1.29 is 14.6 Å². The van der Waals surface area contributed by atoms with Gasteiger partial charge in [0.15, 0.2) is 0 Å². The van der Waals surface area contributed by atoms with Crippen molar-refractivity contribution in [1.29, 1.82) is 0 Å². The van der Waals surface area contributed by atoms with Crippen molar-refractivity contribution >= 4 is 5.97 Å². The van der Waals surface area contributed by atoms with Gasteiger partial charge < -0.3 is 15.2 Å². The van der Waals surface area contributed by atoms with E-state index in [4.69, 9.17) is 9.84 Å². The van der Waals surface area contributed by atoms with E-state index in [0.29, 0.717) is 17.8 Å². The molecule has 0 heterocycles. The van der Waals surface area contributed by atoms with E-state index in [1.54, 1.807) is 24.3 Å². The summed E-state index contributed by atoms with van der Waals surface area (Å²) in [4.78, 5) is 10.8. The van der Waals surface area contributed by atoms with Gasteiger partial charge in [0.2, 0.25) is 0 Å². The number of hydrogen-bond donors (Lipinski definition) is 2. The van der Waals surface area contributed by atoms with E-state index >= 15 is 0 Å². The maximum absolute atomic E-state index is 10.8. The molecule has 0 aromatic heterocycles.